The molecular weight excluding hydrogens is 209 g/mol. The zero-order chi connectivity index (χ0) is 12.6. The Morgan fingerprint density at radius 3 is 2.41 bits per heavy atom. The standard InChI is InChI=1S/C13H20BN3/c1-5-13(14,6-2)11-7-9(3)15-12-8-10(4)16-17(11)12/h7-8H,5-6,14H2,1-4H3. The van der Waals surface area contributed by atoms with Crippen LogP contribution in [-0.4, -0.2) is 22.4 Å². The first-order valence-electron chi connectivity index (χ1n) is 6.34. The molecule has 0 amide bonds. The minimum absolute atomic E-state index is 0.171. The Hall–Kier alpha value is -1.32. The first kappa shape index (κ1) is 12.2. The minimum atomic E-state index is 0.171. The lowest BCUT2D eigenvalue weighted by molar-refractivity contribution is 0.530. The fourth-order valence-electron chi connectivity index (χ4n) is 2.26. The van der Waals surface area contributed by atoms with E-state index >= 15 is 0 Å². The van der Waals surface area contributed by atoms with Crippen LogP contribution in [0.15, 0.2) is 12.1 Å². The predicted molar refractivity (Wildman–Crippen MR) is 73.3 cm³/mol. The number of fused-ring (bicyclic) bond motifs is 1. The van der Waals surface area contributed by atoms with Gasteiger partial charge in [0.15, 0.2) is 5.65 Å². The molecule has 17 heavy (non-hydrogen) atoms. The van der Waals surface area contributed by atoms with Gasteiger partial charge in [-0.2, -0.15) is 5.10 Å². The molecule has 0 bridgehead atoms. The van der Waals surface area contributed by atoms with Crippen LogP contribution in [-0.2, 0) is 5.31 Å². The Bertz CT molecular complexity index is 541. The maximum absolute atomic E-state index is 4.57. The van der Waals surface area contributed by atoms with Crippen molar-refractivity contribution in [1.82, 2.24) is 14.6 Å². The fraction of sp³-hybridized carbons (Fsp3) is 0.538. The van der Waals surface area contributed by atoms with E-state index in [1.807, 2.05) is 17.5 Å². The van der Waals surface area contributed by atoms with Crippen molar-refractivity contribution in [1.29, 1.82) is 0 Å². The molecule has 0 aromatic carbocycles. The second kappa shape index (κ2) is 4.17. The van der Waals surface area contributed by atoms with Crippen LogP contribution >= 0.6 is 0 Å². The normalized spacial score (nSPS) is 12.2. The molecule has 0 saturated heterocycles. The average Bonchev–Trinajstić information content (AvgIpc) is 2.67. The average molecular weight is 229 g/mol. The van der Waals surface area contributed by atoms with E-state index in [0.29, 0.717) is 0 Å². The Morgan fingerprint density at radius 2 is 1.82 bits per heavy atom. The van der Waals surface area contributed by atoms with Crippen molar-refractivity contribution in [2.75, 3.05) is 0 Å². The Kier molecular flexibility index (Phi) is 2.98. The van der Waals surface area contributed by atoms with E-state index in [2.05, 4.69) is 44.8 Å². The molecule has 2 aromatic heterocycles. The van der Waals surface area contributed by atoms with Gasteiger partial charge >= 0.3 is 0 Å². The topological polar surface area (TPSA) is 30.2 Å². The van der Waals surface area contributed by atoms with E-state index in [1.165, 1.54) is 5.69 Å². The van der Waals surface area contributed by atoms with E-state index in [1.54, 1.807) is 0 Å². The highest BCUT2D eigenvalue weighted by Crippen LogP contribution is 2.28. The summed E-state index contributed by atoms with van der Waals surface area (Å²) in [6.45, 7) is 8.55. The highest BCUT2D eigenvalue weighted by molar-refractivity contribution is 6.15. The zero-order valence-electron chi connectivity index (χ0n) is 11.4. The van der Waals surface area contributed by atoms with Gasteiger partial charge in [-0.25, -0.2) is 9.50 Å². The van der Waals surface area contributed by atoms with E-state index in [9.17, 15) is 0 Å². The van der Waals surface area contributed by atoms with Gasteiger partial charge in [-0.3, -0.25) is 0 Å². The Morgan fingerprint density at radius 1 is 1.18 bits per heavy atom. The maximum atomic E-state index is 4.57. The second-order valence-electron chi connectivity index (χ2n) is 5.11. The first-order valence-corrected chi connectivity index (χ1v) is 6.34. The smallest absolute Gasteiger partial charge is 0.155 e. The minimum Gasteiger partial charge on any atom is -0.234 e. The summed E-state index contributed by atoms with van der Waals surface area (Å²) in [7, 11) is 2.30. The molecule has 3 nitrogen and oxygen atoms in total. The van der Waals surface area contributed by atoms with E-state index in [-0.39, 0.29) is 5.31 Å². The molecule has 0 radical (unpaired) electrons. The zero-order valence-corrected chi connectivity index (χ0v) is 11.4. The van der Waals surface area contributed by atoms with Crippen molar-refractivity contribution >= 4 is 13.5 Å². The summed E-state index contributed by atoms with van der Waals surface area (Å²) in [6.07, 6.45) is 2.22. The molecule has 0 N–H and O–H groups in total. The van der Waals surface area contributed by atoms with Gasteiger partial charge in [0, 0.05) is 17.5 Å². The van der Waals surface area contributed by atoms with E-state index in [4.69, 9.17) is 0 Å². The largest absolute Gasteiger partial charge is 0.234 e. The quantitative estimate of drug-likeness (QED) is 0.753. The van der Waals surface area contributed by atoms with Crippen molar-refractivity contribution in [3.63, 3.8) is 0 Å². The van der Waals surface area contributed by atoms with Gasteiger partial charge in [0.1, 0.15) is 7.85 Å². The Labute approximate surface area is 104 Å². The summed E-state index contributed by atoms with van der Waals surface area (Å²) >= 11 is 0. The van der Waals surface area contributed by atoms with Gasteiger partial charge in [-0.15, -0.1) is 0 Å². The fourth-order valence-corrected chi connectivity index (χ4v) is 2.26. The van der Waals surface area contributed by atoms with E-state index in [0.717, 1.165) is 29.9 Å². The molecule has 0 unspecified atom stereocenters. The number of aromatic nitrogens is 3. The molecule has 2 rings (SSSR count). The summed E-state index contributed by atoms with van der Waals surface area (Å²) in [6, 6.07) is 4.22. The van der Waals surface area contributed by atoms with Crippen molar-refractivity contribution in [3.8, 4) is 0 Å². The molecule has 4 heteroatoms. The summed E-state index contributed by atoms with van der Waals surface area (Å²) in [5.41, 5.74) is 4.34. The molecule has 0 saturated carbocycles. The number of aryl methyl sites for hydroxylation is 2. The molecule has 0 aliphatic rings. The monoisotopic (exact) mass is 229 g/mol. The van der Waals surface area contributed by atoms with Gasteiger partial charge in [-0.1, -0.05) is 26.7 Å². The van der Waals surface area contributed by atoms with Crippen LogP contribution in [0, 0.1) is 13.8 Å². The first-order chi connectivity index (χ1) is 8.00. The number of nitrogens with zero attached hydrogens (tertiary/aromatic N) is 3. The van der Waals surface area contributed by atoms with Crippen LogP contribution < -0.4 is 0 Å². The maximum Gasteiger partial charge on any atom is 0.155 e. The number of rotatable bonds is 3. The third kappa shape index (κ3) is 1.96. The third-order valence-electron chi connectivity index (χ3n) is 3.86. The van der Waals surface area contributed by atoms with Gasteiger partial charge in [0.25, 0.3) is 0 Å². The van der Waals surface area contributed by atoms with Crippen molar-refractivity contribution < 1.29 is 0 Å². The van der Waals surface area contributed by atoms with Gasteiger partial charge in [0.05, 0.1) is 5.69 Å². The van der Waals surface area contributed by atoms with Crippen LogP contribution in [0.1, 0.15) is 43.8 Å². The van der Waals surface area contributed by atoms with E-state index < -0.39 is 0 Å². The molecular formula is C13H20BN3. The van der Waals surface area contributed by atoms with Crippen molar-refractivity contribution in [3.05, 3.63) is 29.2 Å². The number of hydrogen-bond acceptors (Lipinski definition) is 2. The summed E-state index contributed by atoms with van der Waals surface area (Å²) < 4.78 is 2.01. The molecule has 0 aliphatic carbocycles. The molecule has 0 spiro atoms. The SMILES string of the molecule is BC(CC)(CC)c1cc(C)nc2cc(C)nn12. The summed E-state index contributed by atoms with van der Waals surface area (Å²) in [4.78, 5) is 4.54. The van der Waals surface area contributed by atoms with Crippen LogP contribution in [0.2, 0.25) is 0 Å². The molecule has 0 atom stereocenters. The highest BCUT2D eigenvalue weighted by atomic mass is 15.3. The lowest BCUT2D eigenvalue weighted by atomic mass is 9.62. The lowest BCUT2D eigenvalue weighted by Crippen LogP contribution is -2.28. The Balaban J connectivity index is 2.75. The van der Waals surface area contributed by atoms with Crippen molar-refractivity contribution in [2.45, 2.75) is 45.9 Å². The molecule has 90 valence electrons. The van der Waals surface area contributed by atoms with Crippen LogP contribution in [0.4, 0.5) is 0 Å². The second-order valence-corrected chi connectivity index (χ2v) is 5.11. The van der Waals surface area contributed by atoms with Crippen LogP contribution in [0.3, 0.4) is 0 Å². The van der Waals surface area contributed by atoms with Gasteiger partial charge in [-0.05, 0) is 25.2 Å². The highest BCUT2D eigenvalue weighted by Gasteiger charge is 2.26. The molecule has 0 aliphatic heterocycles. The molecule has 2 aromatic rings. The number of hydrogen-bond donors (Lipinski definition) is 0. The van der Waals surface area contributed by atoms with Crippen molar-refractivity contribution in [2.24, 2.45) is 0 Å². The molecule has 2 heterocycles. The van der Waals surface area contributed by atoms with Gasteiger partial charge in [0.2, 0.25) is 0 Å². The summed E-state index contributed by atoms with van der Waals surface area (Å²) in [5.74, 6) is 0. The predicted octanol–water partition coefficient (Wildman–Crippen LogP) is 1.99. The lowest BCUT2D eigenvalue weighted by Gasteiger charge is -2.27. The summed E-state index contributed by atoms with van der Waals surface area (Å²) in [5, 5.41) is 4.74. The third-order valence-corrected chi connectivity index (χ3v) is 3.86. The van der Waals surface area contributed by atoms with Crippen LogP contribution in [0.25, 0.3) is 5.65 Å². The van der Waals surface area contributed by atoms with Gasteiger partial charge < -0.3 is 0 Å². The molecule has 0 fully saturated rings. The van der Waals surface area contributed by atoms with Crippen LogP contribution in [0.5, 0.6) is 0 Å².